The summed E-state index contributed by atoms with van der Waals surface area (Å²) in [5.74, 6) is 3.20. The zero-order chi connectivity index (χ0) is 18.4. The van der Waals surface area contributed by atoms with E-state index in [0.29, 0.717) is 17.3 Å². The molecule has 0 spiro atoms. The molecule has 1 amide bonds. The highest BCUT2D eigenvalue weighted by atomic mass is 32.2. The first kappa shape index (κ1) is 18.6. The first-order chi connectivity index (χ1) is 11.8. The summed E-state index contributed by atoms with van der Waals surface area (Å²) >= 11 is 0. The van der Waals surface area contributed by atoms with Crippen molar-refractivity contribution in [3.05, 3.63) is 59.7 Å². The fourth-order valence-electron chi connectivity index (χ4n) is 1.88. The number of sulfonamides is 1. The number of hydrogen-bond acceptors (Lipinski definition) is 3. The quantitative estimate of drug-likeness (QED) is 0.817. The van der Waals surface area contributed by atoms with Crippen molar-refractivity contribution in [3.63, 3.8) is 0 Å². The molecule has 130 valence electrons. The van der Waals surface area contributed by atoms with Gasteiger partial charge in [0.05, 0.1) is 6.54 Å². The van der Waals surface area contributed by atoms with Crippen LogP contribution in [0.15, 0.2) is 47.4 Å². The Kier molecular flexibility index (Phi) is 5.85. The van der Waals surface area contributed by atoms with Crippen LogP contribution in [0.5, 0.6) is 0 Å². The SMILES string of the molecule is CC(=O)Nc1ccc(C#CCNS(=O)(=O)c2cc(F)ccc2F)cc1. The summed E-state index contributed by atoms with van der Waals surface area (Å²) in [4.78, 5) is 10.1. The van der Waals surface area contributed by atoms with Crippen molar-refractivity contribution in [3.8, 4) is 11.8 Å². The zero-order valence-electron chi connectivity index (χ0n) is 13.1. The first-order valence-electron chi connectivity index (χ1n) is 7.09. The van der Waals surface area contributed by atoms with E-state index < -0.39 is 26.6 Å². The maximum Gasteiger partial charge on any atom is 0.244 e. The van der Waals surface area contributed by atoms with Gasteiger partial charge in [-0.05, 0) is 42.5 Å². The highest BCUT2D eigenvalue weighted by Crippen LogP contribution is 2.15. The zero-order valence-corrected chi connectivity index (χ0v) is 14.0. The second-order valence-electron chi connectivity index (χ2n) is 4.96. The van der Waals surface area contributed by atoms with Crippen molar-refractivity contribution in [2.75, 3.05) is 11.9 Å². The molecule has 0 unspecified atom stereocenters. The second kappa shape index (κ2) is 7.88. The summed E-state index contributed by atoms with van der Waals surface area (Å²) in [6.07, 6.45) is 0. The lowest BCUT2D eigenvalue weighted by Gasteiger charge is -2.05. The minimum atomic E-state index is -4.20. The van der Waals surface area contributed by atoms with Gasteiger partial charge in [-0.25, -0.2) is 17.2 Å². The molecule has 2 aromatic carbocycles. The molecule has 0 aliphatic carbocycles. The minimum absolute atomic E-state index is 0.196. The molecule has 0 aliphatic rings. The Morgan fingerprint density at radius 1 is 1.12 bits per heavy atom. The molecule has 0 bridgehead atoms. The van der Waals surface area contributed by atoms with E-state index in [1.165, 1.54) is 6.92 Å². The Morgan fingerprint density at radius 2 is 1.80 bits per heavy atom. The highest BCUT2D eigenvalue weighted by molar-refractivity contribution is 7.89. The average molecular weight is 364 g/mol. The smallest absolute Gasteiger partial charge is 0.244 e. The monoisotopic (exact) mass is 364 g/mol. The van der Waals surface area contributed by atoms with Gasteiger partial charge in [-0.15, -0.1) is 0 Å². The molecule has 2 N–H and O–H groups in total. The van der Waals surface area contributed by atoms with Gasteiger partial charge >= 0.3 is 0 Å². The molecule has 25 heavy (non-hydrogen) atoms. The molecule has 2 aromatic rings. The van der Waals surface area contributed by atoms with Gasteiger partial charge in [0.15, 0.2) is 0 Å². The minimum Gasteiger partial charge on any atom is -0.326 e. The highest BCUT2D eigenvalue weighted by Gasteiger charge is 2.18. The molecule has 8 heteroatoms. The summed E-state index contributed by atoms with van der Waals surface area (Å²) in [5, 5.41) is 2.60. The van der Waals surface area contributed by atoms with Crippen LogP contribution < -0.4 is 10.0 Å². The van der Waals surface area contributed by atoms with E-state index in [1.54, 1.807) is 24.3 Å². The molecule has 0 atom stereocenters. The van der Waals surface area contributed by atoms with E-state index in [1.807, 2.05) is 0 Å². The van der Waals surface area contributed by atoms with E-state index in [0.717, 1.165) is 12.1 Å². The van der Waals surface area contributed by atoms with Crippen LogP contribution in [0.1, 0.15) is 12.5 Å². The molecule has 5 nitrogen and oxygen atoms in total. The Labute approximate surface area is 144 Å². The van der Waals surface area contributed by atoms with Crippen molar-refractivity contribution >= 4 is 21.6 Å². The molecule has 2 rings (SSSR count). The van der Waals surface area contributed by atoms with Gasteiger partial charge in [0, 0.05) is 18.2 Å². The van der Waals surface area contributed by atoms with Gasteiger partial charge in [-0.1, -0.05) is 11.8 Å². The fraction of sp³-hybridized carbons (Fsp3) is 0.118. The summed E-state index contributed by atoms with van der Waals surface area (Å²) in [5.41, 5.74) is 1.21. The molecule has 0 radical (unpaired) electrons. The maximum absolute atomic E-state index is 13.5. The summed E-state index contributed by atoms with van der Waals surface area (Å²) in [6.45, 7) is 1.12. The van der Waals surface area contributed by atoms with Crippen LogP contribution in [0.2, 0.25) is 0 Å². The molecule has 0 aromatic heterocycles. The van der Waals surface area contributed by atoms with Crippen LogP contribution in [0.3, 0.4) is 0 Å². The Morgan fingerprint density at radius 3 is 2.44 bits per heavy atom. The lowest BCUT2D eigenvalue weighted by Crippen LogP contribution is -2.25. The summed E-state index contributed by atoms with van der Waals surface area (Å²) in [7, 11) is -4.20. The lowest BCUT2D eigenvalue weighted by atomic mass is 10.2. The standard InChI is InChI=1S/C17H14F2N2O3S/c1-12(22)21-15-7-4-13(5-8-15)3-2-10-20-25(23,24)17-11-14(18)6-9-16(17)19/h4-9,11,20H,10H2,1H3,(H,21,22). The topological polar surface area (TPSA) is 75.3 Å². The van der Waals surface area contributed by atoms with Crippen molar-refractivity contribution in [1.82, 2.24) is 4.72 Å². The number of carbonyl (C=O) groups excluding carboxylic acids is 1. The van der Waals surface area contributed by atoms with Crippen LogP contribution >= 0.6 is 0 Å². The van der Waals surface area contributed by atoms with Gasteiger partial charge in [-0.2, -0.15) is 4.72 Å². The van der Waals surface area contributed by atoms with Gasteiger partial charge in [-0.3, -0.25) is 4.79 Å². The largest absolute Gasteiger partial charge is 0.326 e. The van der Waals surface area contributed by atoms with Crippen LogP contribution in [0.25, 0.3) is 0 Å². The third-order valence-electron chi connectivity index (χ3n) is 2.97. The van der Waals surface area contributed by atoms with E-state index in [9.17, 15) is 22.0 Å². The van der Waals surface area contributed by atoms with E-state index in [-0.39, 0.29) is 12.5 Å². The Bertz CT molecular complexity index is 946. The van der Waals surface area contributed by atoms with Gasteiger partial charge in [0.2, 0.25) is 15.9 Å². The molecular formula is C17H14F2N2O3S. The predicted molar refractivity (Wildman–Crippen MR) is 89.2 cm³/mol. The van der Waals surface area contributed by atoms with Crippen LogP contribution in [0, 0.1) is 23.5 Å². The fourth-order valence-corrected chi connectivity index (χ4v) is 2.89. The first-order valence-corrected chi connectivity index (χ1v) is 8.57. The summed E-state index contributed by atoms with van der Waals surface area (Å²) < 4.78 is 52.6. The average Bonchev–Trinajstić information content (AvgIpc) is 2.55. The number of rotatable bonds is 4. The molecule has 0 aliphatic heterocycles. The Hall–Kier alpha value is -2.76. The lowest BCUT2D eigenvalue weighted by molar-refractivity contribution is -0.114. The normalized spacial score (nSPS) is 10.7. The van der Waals surface area contributed by atoms with Gasteiger partial charge in [0.1, 0.15) is 16.5 Å². The number of nitrogens with one attached hydrogen (secondary N) is 2. The molecule has 0 heterocycles. The second-order valence-corrected chi connectivity index (χ2v) is 6.69. The van der Waals surface area contributed by atoms with Crippen molar-refractivity contribution in [2.45, 2.75) is 11.8 Å². The van der Waals surface area contributed by atoms with Crippen molar-refractivity contribution in [2.24, 2.45) is 0 Å². The Balaban J connectivity index is 2.02. The van der Waals surface area contributed by atoms with Gasteiger partial charge < -0.3 is 5.32 Å². The number of benzene rings is 2. The number of carbonyl (C=O) groups is 1. The third-order valence-corrected chi connectivity index (χ3v) is 4.39. The van der Waals surface area contributed by atoms with E-state index >= 15 is 0 Å². The van der Waals surface area contributed by atoms with E-state index in [4.69, 9.17) is 0 Å². The molecule has 0 saturated heterocycles. The maximum atomic E-state index is 13.5. The van der Waals surface area contributed by atoms with Crippen LogP contribution in [-0.4, -0.2) is 20.9 Å². The number of amides is 1. The molecular weight excluding hydrogens is 350 g/mol. The van der Waals surface area contributed by atoms with Crippen molar-refractivity contribution in [1.29, 1.82) is 0 Å². The van der Waals surface area contributed by atoms with Gasteiger partial charge in [0.25, 0.3) is 0 Å². The van der Waals surface area contributed by atoms with Crippen LogP contribution in [0.4, 0.5) is 14.5 Å². The summed E-state index contributed by atoms with van der Waals surface area (Å²) in [6, 6.07) is 8.78. The molecule has 0 fully saturated rings. The number of hydrogen-bond donors (Lipinski definition) is 2. The third kappa shape index (κ3) is 5.38. The van der Waals surface area contributed by atoms with Crippen molar-refractivity contribution < 1.29 is 22.0 Å². The number of anilines is 1. The van der Waals surface area contributed by atoms with Crippen LogP contribution in [-0.2, 0) is 14.8 Å². The predicted octanol–water partition coefficient (Wildman–Crippen LogP) is 2.25. The number of halogens is 2. The van der Waals surface area contributed by atoms with E-state index in [2.05, 4.69) is 21.9 Å². The molecule has 0 saturated carbocycles.